The molecule has 20 heavy (non-hydrogen) atoms. The largest absolute Gasteiger partial charge is 0.468 e. The minimum atomic E-state index is -1.05. The van der Waals surface area contributed by atoms with Crippen LogP contribution in [0.25, 0.3) is 10.9 Å². The predicted octanol–water partition coefficient (Wildman–Crippen LogP) is 1.14. The number of ether oxygens (including phenoxy) is 1. The summed E-state index contributed by atoms with van der Waals surface area (Å²) >= 11 is 0. The number of nitrogens with two attached hydrogens (primary N) is 1. The SMILES string of the molecule is COC(=O)[C@](N)(Cc1c[nH]c2ccccc12)CN(C)C. The highest BCUT2D eigenvalue weighted by Gasteiger charge is 2.36. The number of carbonyl (C=O) groups is 1. The van der Waals surface area contributed by atoms with Crippen LogP contribution in [0.2, 0.25) is 0 Å². The number of aromatic amines is 1. The van der Waals surface area contributed by atoms with Crippen molar-refractivity contribution in [2.45, 2.75) is 12.0 Å². The van der Waals surface area contributed by atoms with E-state index >= 15 is 0 Å². The van der Waals surface area contributed by atoms with Crippen molar-refractivity contribution in [1.82, 2.24) is 9.88 Å². The maximum atomic E-state index is 12.0. The summed E-state index contributed by atoms with van der Waals surface area (Å²) in [5.41, 5.74) is 7.32. The second-order valence-electron chi connectivity index (χ2n) is 5.42. The average molecular weight is 275 g/mol. The zero-order valence-electron chi connectivity index (χ0n) is 12.1. The molecular formula is C15H21N3O2. The number of methoxy groups -OCH3 is 1. The lowest BCUT2D eigenvalue weighted by Gasteiger charge is -2.29. The van der Waals surface area contributed by atoms with Crippen LogP contribution in [0.1, 0.15) is 5.56 Å². The van der Waals surface area contributed by atoms with Crippen molar-refractivity contribution >= 4 is 16.9 Å². The molecule has 0 saturated carbocycles. The number of nitrogens with zero attached hydrogens (tertiary/aromatic N) is 1. The minimum Gasteiger partial charge on any atom is -0.468 e. The molecule has 0 spiro atoms. The van der Waals surface area contributed by atoms with Crippen LogP contribution in [-0.4, -0.2) is 49.1 Å². The molecule has 1 heterocycles. The number of carbonyl (C=O) groups excluding carboxylic acids is 1. The Balaban J connectivity index is 2.34. The van der Waals surface area contributed by atoms with Crippen molar-refractivity contribution < 1.29 is 9.53 Å². The van der Waals surface area contributed by atoms with Crippen molar-refractivity contribution in [3.63, 3.8) is 0 Å². The zero-order valence-corrected chi connectivity index (χ0v) is 12.1. The van der Waals surface area contributed by atoms with Crippen LogP contribution in [-0.2, 0) is 16.0 Å². The molecule has 0 aliphatic heterocycles. The number of likely N-dealkylation sites (N-methyl/N-ethyl adjacent to an activating group) is 1. The van der Waals surface area contributed by atoms with Gasteiger partial charge in [0.25, 0.3) is 0 Å². The van der Waals surface area contributed by atoms with Gasteiger partial charge in [-0.1, -0.05) is 18.2 Å². The second-order valence-corrected chi connectivity index (χ2v) is 5.42. The monoisotopic (exact) mass is 275 g/mol. The molecule has 0 amide bonds. The highest BCUT2D eigenvalue weighted by atomic mass is 16.5. The maximum absolute atomic E-state index is 12.0. The number of nitrogens with one attached hydrogen (secondary N) is 1. The van der Waals surface area contributed by atoms with Crippen LogP contribution >= 0.6 is 0 Å². The van der Waals surface area contributed by atoms with E-state index in [-0.39, 0.29) is 0 Å². The third kappa shape index (κ3) is 2.84. The summed E-state index contributed by atoms with van der Waals surface area (Å²) in [6.07, 6.45) is 2.34. The summed E-state index contributed by atoms with van der Waals surface area (Å²) < 4.78 is 4.88. The third-order valence-corrected chi connectivity index (χ3v) is 3.37. The number of para-hydroxylation sites is 1. The number of H-pyrrole nitrogens is 1. The normalized spacial score (nSPS) is 14.4. The van der Waals surface area contributed by atoms with Crippen LogP contribution in [0, 0.1) is 0 Å². The van der Waals surface area contributed by atoms with Crippen molar-refractivity contribution in [2.75, 3.05) is 27.7 Å². The highest BCUT2D eigenvalue weighted by Crippen LogP contribution is 2.22. The van der Waals surface area contributed by atoms with Gasteiger partial charge in [0.1, 0.15) is 5.54 Å². The number of hydrogen-bond donors (Lipinski definition) is 2. The molecule has 5 nitrogen and oxygen atoms in total. The minimum absolute atomic E-state index is 0.392. The smallest absolute Gasteiger partial charge is 0.327 e. The Morgan fingerprint density at radius 1 is 1.40 bits per heavy atom. The van der Waals surface area contributed by atoms with E-state index < -0.39 is 11.5 Å². The molecule has 2 rings (SSSR count). The molecule has 108 valence electrons. The van der Waals surface area contributed by atoms with Crippen LogP contribution in [0.15, 0.2) is 30.5 Å². The molecule has 3 N–H and O–H groups in total. The van der Waals surface area contributed by atoms with Gasteiger partial charge >= 0.3 is 5.97 Å². The first kappa shape index (κ1) is 14.6. The summed E-state index contributed by atoms with van der Waals surface area (Å²) in [5.74, 6) is -0.392. The van der Waals surface area contributed by atoms with E-state index in [4.69, 9.17) is 10.5 Å². The van der Waals surface area contributed by atoms with Crippen molar-refractivity contribution in [3.8, 4) is 0 Å². The van der Waals surface area contributed by atoms with Crippen LogP contribution in [0.3, 0.4) is 0 Å². The Hall–Kier alpha value is -1.85. The summed E-state index contributed by atoms with van der Waals surface area (Å²) in [6, 6.07) is 7.97. The Morgan fingerprint density at radius 2 is 2.10 bits per heavy atom. The molecule has 0 saturated heterocycles. The predicted molar refractivity (Wildman–Crippen MR) is 79.5 cm³/mol. The van der Waals surface area contributed by atoms with Gasteiger partial charge < -0.3 is 20.4 Å². The van der Waals surface area contributed by atoms with Gasteiger partial charge in [-0.3, -0.25) is 4.79 Å². The fourth-order valence-corrected chi connectivity index (χ4v) is 2.58. The van der Waals surface area contributed by atoms with E-state index in [2.05, 4.69) is 4.98 Å². The van der Waals surface area contributed by atoms with Crippen LogP contribution < -0.4 is 5.73 Å². The van der Waals surface area contributed by atoms with Gasteiger partial charge in [-0.2, -0.15) is 0 Å². The Kier molecular flexibility index (Phi) is 4.11. The van der Waals surface area contributed by atoms with Crippen molar-refractivity contribution in [3.05, 3.63) is 36.0 Å². The molecular weight excluding hydrogens is 254 g/mol. The highest BCUT2D eigenvalue weighted by molar-refractivity contribution is 5.86. The third-order valence-electron chi connectivity index (χ3n) is 3.37. The summed E-state index contributed by atoms with van der Waals surface area (Å²) in [6.45, 7) is 0.430. The fraction of sp³-hybridized carbons (Fsp3) is 0.400. The molecule has 2 aromatic rings. The molecule has 1 atom stereocenters. The van der Waals surface area contributed by atoms with Gasteiger partial charge in [-0.15, -0.1) is 0 Å². The fourth-order valence-electron chi connectivity index (χ4n) is 2.58. The number of rotatable bonds is 5. The van der Waals surface area contributed by atoms with Crippen LogP contribution in [0.5, 0.6) is 0 Å². The topological polar surface area (TPSA) is 71.3 Å². The maximum Gasteiger partial charge on any atom is 0.327 e. The quantitative estimate of drug-likeness (QED) is 0.803. The van der Waals surface area contributed by atoms with Gasteiger partial charge in [-0.25, -0.2) is 0 Å². The lowest BCUT2D eigenvalue weighted by atomic mass is 9.91. The molecule has 0 bridgehead atoms. The molecule has 0 aliphatic rings. The summed E-state index contributed by atoms with van der Waals surface area (Å²) in [5, 5.41) is 1.09. The summed E-state index contributed by atoms with van der Waals surface area (Å²) in [7, 11) is 5.15. The molecule has 0 aliphatic carbocycles. The van der Waals surface area contributed by atoms with E-state index in [1.807, 2.05) is 49.5 Å². The number of esters is 1. The van der Waals surface area contributed by atoms with Crippen molar-refractivity contribution in [1.29, 1.82) is 0 Å². The number of aromatic nitrogens is 1. The first-order valence-electron chi connectivity index (χ1n) is 6.53. The molecule has 0 radical (unpaired) electrons. The van der Waals surface area contributed by atoms with Crippen LogP contribution in [0.4, 0.5) is 0 Å². The first-order chi connectivity index (χ1) is 9.46. The van der Waals surface area contributed by atoms with Gasteiger partial charge in [-0.05, 0) is 25.7 Å². The molecule has 1 aromatic heterocycles. The van der Waals surface area contributed by atoms with Crippen molar-refractivity contribution in [2.24, 2.45) is 5.73 Å². The van der Waals surface area contributed by atoms with Gasteiger partial charge in [0.15, 0.2) is 0 Å². The number of benzene rings is 1. The number of hydrogen-bond acceptors (Lipinski definition) is 4. The number of fused-ring (bicyclic) bond motifs is 1. The molecule has 0 unspecified atom stereocenters. The zero-order chi connectivity index (χ0) is 14.8. The lowest BCUT2D eigenvalue weighted by Crippen LogP contribution is -2.57. The Bertz CT molecular complexity index is 606. The second kappa shape index (κ2) is 5.64. The first-order valence-corrected chi connectivity index (χ1v) is 6.53. The van der Waals surface area contributed by atoms with E-state index in [9.17, 15) is 4.79 Å². The van der Waals surface area contributed by atoms with E-state index in [1.165, 1.54) is 7.11 Å². The summed E-state index contributed by atoms with van der Waals surface area (Å²) in [4.78, 5) is 17.1. The average Bonchev–Trinajstić information content (AvgIpc) is 2.80. The standard InChI is InChI=1S/C15H21N3O2/c1-18(2)10-15(16,14(19)20-3)8-11-9-17-13-7-5-4-6-12(11)13/h4-7,9,17H,8,10,16H2,1-3H3/t15-/m0/s1. The van der Waals surface area contributed by atoms with Gasteiger partial charge in [0.2, 0.25) is 0 Å². The molecule has 5 heteroatoms. The Morgan fingerprint density at radius 3 is 2.75 bits per heavy atom. The van der Waals surface area contributed by atoms with E-state index in [1.54, 1.807) is 0 Å². The van der Waals surface area contributed by atoms with Gasteiger partial charge in [0.05, 0.1) is 7.11 Å². The van der Waals surface area contributed by atoms with E-state index in [0.29, 0.717) is 13.0 Å². The molecule has 0 fully saturated rings. The van der Waals surface area contributed by atoms with E-state index in [0.717, 1.165) is 16.5 Å². The lowest BCUT2D eigenvalue weighted by molar-refractivity contribution is -0.147. The molecule has 1 aromatic carbocycles. The Labute approximate surface area is 118 Å². The van der Waals surface area contributed by atoms with Gasteiger partial charge in [0, 0.05) is 30.1 Å².